The van der Waals surface area contributed by atoms with E-state index in [2.05, 4.69) is 5.32 Å². The van der Waals surface area contributed by atoms with E-state index in [-0.39, 0.29) is 16.3 Å². The Balaban J connectivity index is 1.83. The van der Waals surface area contributed by atoms with Gasteiger partial charge in [-0.25, -0.2) is 17.6 Å². The molecule has 11 heteroatoms. The average molecular weight is 545 g/mol. The first-order valence-electron chi connectivity index (χ1n) is 11.8. The minimum Gasteiger partial charge on any atom is -0.493 e. The van der Waals surface area contributed by atoms with Crippen molar-refractivity contribution < 1.29 is 36.6 Å². The highest BCUT2D eigenvalue weighted by Gasteiger charge is 2.28. The Hall–Kier alpha value is -4.12. The van der Waals surface area contributed by atoms with Gasteiger partial charge in [-0.2, -0.15) is 0 Å². The zero-order valence-electron chi connectivity index (χ0n) is 21.3. The minimum atomic E-state index is -4.29. The van der Waals surface area contributed by atoms with E-state index in [9.17, 15) is 22.4 Å². The van der Waals surface area contributed by atoms with Crippen molar-refractivity contribution >= 4 is 33.3 Å². The zero-order chi connectivity index (χ0) is 27.7. The molecule has 0 bridgehead atoms. The Morgan fingerprint density at radius 1 is 0.921 bits per heavy atom. The molecule has 3 aromatic carbocycles. The second-order valence-electron chi connectivity index (χ2n) is 8.12. The predicted molar refractivity (Wildman–Crippen MR) is 141 cm³/mol. The molecule has 1 N–H and O–H groups in total. The van der Waals surface area contributed by atoms with Crippen molar-refractivity contribution in [3.05, 3.63) is 78.1 Å². The minimum absolute atomic E-state index is 0.0847. The number of sulfonamides is 1. The maximum Gasteiger partial charge on any atom is 0.338 e. The van der Waals surface area contributed by atoms with Gasteiger partial charge in [0, 0.05) is 11.8 Å². The number of rotatable bonds is 12. The molecule has 0 spiro atoms. The Morgan fingerprint density at radius 2 is 1.58 bits per heavy atom. The van der Waals surface area contributed by atoms with Crippen LogP contribution in [0, 0.1) is 5.82 Å². The summed E-state index contributed by atoms with van der Waals surface area (Å²) in [5.41, 5.74) is 0.757. The second-order valence-corrected chi connectivity index (χ2v) is 9.98. The van der Waals surface area contributed by atoms with Gasteiger partial charge in [0.2, 0.25) is 5.91 Å². The van der Waals surface area contributed by atoms with Crippen LogP contribution in [0.25, 0.3) is 0 Å². The number of unbranched alkanes of at least 4 members (excludes halogenated alkanes) is 1. The molecule has 0 unspecified atom stereocenters. The van der Waals surface area contributed by atoms with E-state index in [0.717, 1.165) is 29.3 Å². The number of nitrogens with zero attached hydrogens (tertiary/aromatic N) is 1. The highest BCUT2D eigenvalue weighted by molar-refractivity contribution is 7.92. The number of halogens is 1. The van der Waals surface area contributed by atoms with Gasteiger partial charge in [-0.05, 0) is 67.1 Å². The summed E-state index contributed by atoms with van der Waals surface area (Å²) in [5.74, 6) is -1.17. The summed E-state index contributed by atoms with van der Waals surface area (Å²) < 4.78 is 57.2. The number of hydrogen-bond donors (Lipinski definition) is 1. The van der Waals surface area contributed by atoms with Crippen molar-refractivity contribution in [2.75, 3.05) is 37.0 Å². The normalized spacial score (nSPS) is 10.9. The molecule has 0 saturated heterocycles. The van der Waals surface area contributed by atoms with Crippen molar-refractivity contribution in [2.24, 2.45) is 0 Å². The molecule has 202 valence electrons. The maximum atomic E-state index is 13.6. The average Bonchev–Trinajstić information content (AvgIpc) is 2.92. The van der Waals surface area contributed by atoms with E-state index in [4.69, 9.17) is 14.2 Å². The molecule has 0 atom stereocenters. The van der Waals surface area contributed by atoms with Gasteiger partial charge in [0.1, 0.15) is 12.4 Å². The lowest BCUT2D eigenvalue weighted by molar-refractivity contribution is -0.114. The highest BCUT2D eigenvalue weighted by Crippen LogP contribution is 2.32. The van der Waals surface area contributed by atoms with Crippen molar-refractivity contribution in [1.29, 1.82) is 0 Å². The molecule has 0 heterocycles. The molecule has 0 aliphatic rings. The molecule has 0 aliphatic heterocycles. The van der Waals surface area contributed by atoms with E-state index in [1.54, 1.807) is 0 Å². The van der Waals surface area contributed by atoms with Gasteiger partial charge >= 0.3 is 5.97 Å². The van der Waals surface area contributed by atoms with E-state index in [0.29, 0.717) is 23.6 Å². The number of carbonyl (C=O) groups is 2. The summed E-state index contributed by atoms with van der Waals surface area (Å²) in [6.07, 6.45) is 1.66. The van der Waals surface area contributed by atoms with Crippen LogP contribution < -0.4 is 19.1 Å². The van der Waals surface area contributed by atoms with Crippen LogP contribution in [-0.2, 0) is 19.6 Å². The summed E-state index contributed by atoms with van der Waals surface area (Å²) in [4.78, 5) is 24.9. The van der Waals surface area contributed by atoms with Crippen LogP contribution in [0.4, 0.5) is 15.8 Å². The van der Waals surface area contributed by atoms with Gasteiger partial charge in [-0.15, -0.1) is 0 Å². The monoisotopic (exact) mass is 544 g/mol. The lowest BCUT2D eigenvalue weighted by atomic mass is 10.2. The molecule has 0 fully saturated rings. The standard InChI is InChI=1S/C27H29FN2O7S/c1-4-5-16-37-27(32)19-6-10-21(11-7-19)29-26(31)18-30(22-12-8-20(28)9-13-22)38(33,34)23-14-15-24(35-2)25(17-23)36-3/h6-15,17H,4-5,16,18H2,1-3H3,(H,29,31). The number of amides is 1. The lowest BCUT2D eigenvalue weighted by Crippen LogP contribution is -2.38. The predicted octanol–water partition coefficient (Wildman–Crippen LogP) is 4.63. The largest absolute Gasteiger partial charge is 0.493 e. The van der Waals surface area contributed by atoms with Crippen LogP contribution in [0.15, 0.2) is 71.6 Å². The second kappa shape index (κ2) is 12.9. The molecular formula is C27H29FN2O7S. The third kappa shape index (κ3) is 7.00. The number of nitrogens with one attached hydrogen (secondary N) is 1. The molecule has 38 heavy (non-hydrogen) atoms. The van der Waals surface area contributed by atoms with Crippen molar-refractivity contribution in [3.63, 3.8) is 0 Å². The Kier molecular flexibility index (Phi) is 9.66. The number of ether oxygens (including phenoxy) is 3. The summed E-state index contributed by atoms with van der Waals surface area (Å²) in [5, 5.41) is 2.62. The fourth-order valence-corrected chi connectivity index (χ4v) is 4.88. The molecular weight excluding hydrogens is 515 g/mol. The summed E-state index contributed by atoms with van der Waals surface area (Å²) in [6.45, 7) is 1.70. The third-order valence-corrected chi connectivity index (χ3v) is 7.25. The molecule has 3 aromatic rings. The number of esters is 1. The number of benzene rings is 3. The zero-order valence-corrected chi connectivity index (χ0v) is 22.1. The van der Waals surface area contributed by atoms with Crippen molar-refractivity contribution in [2.45, 2.75) is 24.7 Å². The molecule has 0 radical (unpaired) electrons. The van der Waals surface area contributed by atoms with Gasteiger partial charge in [0.05, 0.1) is 37.0 Å². The van der Waals surface area contributed by atoms with Gasteiger partial charge < -0.3 is 19.5 Å². The van der Waals surface area contributed by atoms with Crippen LogP contribution in [-0.4, -0.2) is 47.7 Å². The topological polar surface area (TPSA) is 111 Å². The van der Waals surface area contributed by atoms with E-state index in [1.807, 2.05) is 6.92 Å². The molecule has 9 nitrogen and oxygen atoms in total. The molecule has 0 aliphatic carbocycles. The van der Waals surface area contributed by atoms with Gasteiger partial charge in [0.15, 0.2) is 11.5 Å². The van der Waals surface area contributed by atoms with Crippen LogP contribution in [0.5, 0.6) is 11.5 Å². The van der Waals surface area contributed by atoms with Crippen LogP contribution in [0.3, 0.4) is 0 Å². The molecule has 3 rings (SSSR count). The molecule has 1 amide bonds. The summed E-state index contributed by atoms with van der Waals surface area (Å²) in [6, 6.07) is 14.8. The van der Waals surface area contributed by atoms with Crippen molar-refractivity contribution in [3.8, 4) is 11.5 Å². The first-order chi connectivity index (χ1) is 18.2. The number of carbonyl (C=O) groups excluding carboxylic acids is 2. The van der Waals surface area contributed by atoms with E-state index < -0.39 is 34.3 Å². The van der Waals surface area contributed by atoms with Crippen molar-refractivity contribution in [1.82, 2.24) is 0 Å². The maximum absolute atomic E-state index is 13.6. The lowest BCUT2D eigenvalue weighted by Gasteiger charge is -2.24. The summed E-state index contributed by atoms with van der Waals surface area (Å²) >= 11 is 0. The van der Waals surface area contributed by atoms with Crippen LogP contribution >= 0.6 is 0 Å². The van der Waals surface area contributed by atoms with Crippen LogP contribution in [0.1, 0.15) is 30.1 Å². The molecule has 0 saturated carbocycles. The van der Waals surface area contributed by atoms with E-state index in [1.165, 1.54) is 68.8 Å². The Morgan fingerprint density at radius 3 is 2.18 bits per heavy atom. The quantitative estimate of drug-likeness (QED) is 0.261. The number of hydrogen-bond acceptors (Lipinski definition) is 7. The third-order valence-electron chi connectivity index (χ3n) is 5.48. The fraction of sp³-hybridized carbons (Fsp3) is 0.259. The summed E-state index contributed by atoms with van der Waals surface area (Å²) in [7, 11) is -1.50. The van der Waals surface area contributed by atoms with Gasteiger partial charge in [-0.3, -0.25) is 9.10 Å². The van der Waals surface area contributed by atoms with Crippen LogP contribution in [0.2, 0.25) is 0 Å². The number of anilines is 2. The highest BCUT2D eigenvalue weighted by atomic mass is 32.2. The van der Waals surface area contributed by atoms with E-state index >= 15 is 0 Å². The van der Waals surface area contributed by atoms with Gasteiger partial charge in [0.25, 0.3) is 10.0 Å². The fourth-order valence-electron chi connectivity index (χ4n) is 3.44. The SMILES string of the molecule is CCCCOC(=O)c1ccc(NC(=O)CN(c2ccc(F)cc2)S(=O)(=O)c2ccc(OC)c(OC)c2)cc1. The smallest absolute Gasteiger partial charge is 0.338 e. The first-order valence-corrected chi connectivity index (χ1v) is 13.2. The number of methoxy groups -OCH3 is 2. The Labute approximate surface area is 221 Å². The Bertz CT molecular complexity index is 1360. The van der Waals surface area contributed by atoms with Gasteiger partial charge in [-0.1, -0.05) is 13.3 Å². The molecule has 0 aromatic heterocycles. The first kappa shape index (κ1) is 28.5.